The molecule has 194 valence electrons. The fraction of sp³-hybridized carbons (Fsp3) is 0.129. The van der Waals surface area contributed by atoms with Crippen molar-refractivity contribution in [2.45, 2.75) is 27.2 Å². The van der Waals surface area contributed by atoms with Crippen LogP contribution in [-0.4, -0.2) is 15.0 Å². The molecule has 3 aromatic heterocycles. The van der Waals surface area contributed by atoms with Gasteiger partial charge >= 0.3 is 0 Å². The minimum Gasteiger partial charge on any atom is -0.397 e. The Morgan fingerprint density at radius 3 is 2.45 bits per heavy atom. The number of hydrogen-bond acceptors (Lipinski definition) is 6. The normalized spacial score (nSPS) is 11.6. The Hall–Kier alpha value is -4.78. The fourth-order valence-corrected chi connectivity index (χ4v) is 3.76. The molecule has 38 heavy (non-hydrogen) atoms. The van der Waals surface area contributed by atoms with Gasteiger partial charge in [0.2, 0.25) is 0 Å². The summed E-state index contributed by atoms with van der Waals surface area (Å²) < 4.78 is 15.9. The quantitative estimate of drug-likeness (QED) is 0.238. The van der Waals surface area contributed by atoms with E-state index in [0.29, 0.717) is 22.5 Å². The van der Waals surface area contributed by atoms with Crippen molar-refractivity contribution in [1.29, 1.82) is 0 Å². The average molecular weight is 509 g/mol. The number of allylic oxidation sites excluding steroid dienone is 6. The van der Waals surface area contributed by atoms with E-state index in [1.165, 1.54) is 6.20 Å². The van der Waals surface area contributed by atoms with Crippen LogP contribution in [0, 0.1) is 12.7 Å². The van der Waals surface area contributed by atoms with Gasteiger partial charge < -0.3 is 16.4 Å². The van der Waals surface area contributed by atoms with Gasteiger partial charge in [0.25, 0.3) is 0 Å². The van der Waals surface area contributed by atoms with E-state index in [1.54, 1.807) is 43.7 Å². The molecule has 0 spiro atoms. The van der Waals surface area contributed by atoms with Gasteiger partial charge in [-0.2, -0.15) is 0 Å². The van der Waals surface area contributed by atoms with Gasteiger partial charge in [0.1, 0.15) is 5.69 Å². The molecule has 0 radical (unpaired) electrons. The molecule has 0 saturated carbocycles. The summed E-state index contributed by atoms with van der Waals surface area (Å²) in [5.41, 5.74) is 12.7. The molecular formula is C31H33FN6. The van der Waals surface area contributed by atoms with E-state index >= 15 is 4.39 Å². The molecule has 4 N–H and O–H groups in total. The van der Waals surface area contributed by atoms with Crippen LogP contribution in [0.2, 0.25) is 0 Å². The van der Waals surface area contributed by atoms with Crippen LogP contribution in [0.4, 0.5) is 15.8 Å². The molecular weight excluding hydrogens is 475 g/mol. The molecule has 0 aromatic carbocycles. The zero-order valence-corrected chi connectivity index (χ0v) is 22.1. The third kappa shape index (κ3) is 6.13. The van der Waals surface area contributed by atoms with Crippen LogP contribution in [0.15, 0.2) is 105 Å². The van der Waals surface area contributed by atoms with Gasteiger partial charge in [-0.3, -0.25) is 15.0 Å². The highest BCUT2D eigenvalue weighted by Gasteiger charge is 2.20. The molecule has 0 bridgehead atoms. The van der Waals surface area contributed by atoms with Crippen LogP contribution >= 0.6 is 0 Å². The Bertz CT molecular complexity index is 1450. The first kappa shape index (κ1) is 27.8. The first-order valence-corrected chi connectivity index (χ1v) is 12.1. The first-order valence-electron chi connectivity index (χ1n) is 12.1. The van der Waals surface area contributed by atoms with Crippen molar-refractivity contribution >= 4 is 22.5 Å². The molecule has 0 aliphatic carbocycles. The lowest BCUT2D eigenvalue weighted by Gasteiger charge is -2.18. The third-order valence-electron chi connectivity index (χ3n) is 6.02. The zero-order valence-electron chi connectivity index (χ0n) is 22.1. The second kappa shape index (κ2) is 12.5. The highest BCUT2D eigenvalue weighted by atomic mass is 19.1. The number of nitrogens with zero attached hydrogens (tertiary/aromatic N) is 3. The molecule has 3 heterocycles. The van der Waals surface area contributed by atoms with Crippen molar-refractivity contribution in [3.63, 3.8) is 0 Å². The molecule has 0 fully saturated rings. The number of hydrogen-bond donors (Lipinski definition) is 3. The molecule has 6 nitrogen and oxygen atoms in total. The van der Waals surface area contributed by atoms with Crippen molar-refractivity contribution in [1.82, 2.24) is 20.3 Å². The lowest BCUT2D eigenvalue weighted by Crippen LogP contribution is -2.11. The number of aromatic nitrogens is 3. The molecule has 0 atom stereocenters. The SMILES string of the molecule is C=C/C(=C\C(=C/C)c1ncc(N)c(C(=C)C(=C)Nc2ccnc(-c3ccncc3)c2C)c1F)NC(=C)CC. The number of pyridine rings is 3. The Morgan fingerprint density at radius 1 is 1.11 bits per heavy atom. The van der Waals surface area contributed by atoms with E-state index in [4.69, 9.17) is 5.73 Å². The molecule has 0 saturated heterocycles. The van der Waals surface area contributed by atoms with Crippen molar-refractivity contribution in [2.24, 2.45) is 0 Å². The van der Waals surface area contributed by atoms with Crippen LogP contribution in [0.5, 0.6) is 0 Å². The summed E-state index contributed by atoms with van der Waals surface area (Å²) in [6, 6.07) is 5.60. The Labute approximate surface area is 224 Å². The molecule has 0 aliphatic rings. The molecule has 0 aliphatic heterocycles. The number of rotatable bonds is 11. The van der Waals surface area contributed by atoms with Crippen molar-refractivity contribution in [3.8, 4) is 11.3 Å². The first-order chi connectivity index (χ1) is 18.2. The van der Waals surface area contributed by atoms with Crippen LogP contribution < -0.4 is 16.4 Å². The number of anilines is 2. The third-order valence-corrected chi connectivity index (χ3v) is 6.02. The minimum absolute atomic E-state index is 0.132. The van der Waals surface area contributed by atoms with Crippen molar-refractivity contribution in [3.05, 3.63) is 127 Å². The minimum atomic E-state index is -0.594. The van der Waals surface area contributed by atoms with Crippen LogP contribution in [-0.2, 0) is 0 Å². The number of nitrogen functional groups attached to an aromatic ring is 1. The summed E-state index contributed by atoms with van der Waals surface area (Å²) in [5, 5.41) is 6.42. The van der Waals surface area contributed by atoms with E-state index in [1.807, 2.05) is 32.0 Å². The van der Waals surface area contributed by atoms with Gasteiger partial charge in [0.05, 0.1) is 17.6 Å². The van der Waals surface area contributed by atoms with Crippen molar-refractivity contribution < 1.29 is 4.39 Å². The lowest BCUT2D eigenvalue weighted by molar-refractivity contribution is 0.614. The maximum Gasteiger partial charge on any atom is 0.159 e. The summed E-state index contributed by atoms with van der Waals surface area (Å²) in [4.78, 5) is 12.8. The topological polar surface area (TPSA) is 88.8 Å². The van der Waals surface area contributed by atoms with E-state index in [9.17, 15) is 0 Å². The van der Waals surface area contributed by atoms with Gasteiger partial charge in [0.15, 0.2) is 5.82 Å². The number of nitrogens with two attached hydrogens (primary N) is 1. The summed E-state index contributed by atoms with van der Waals surface area (Å²) in [6.45, 7) is 21.7. The standard InChI is InChI=1S/C31H33FN6/c1-8-19(4)37-25(10-3)17-23(9-2)31-29(32)28(26(33)18-36-31)20(5)22(7)38-27-13-16-35-30(21(27)6)24-11-14-34-15-12-24/h9-18,37H,3-5,7-8,33H2,1-2,6H3,(H,35,38)/b23-9+,25-17+. The largest absolute Gasteiger partial charge is 0.397 e. The fourth-order valence-electron chi connectivity index (χ4n) is 3.76. The maximum atomic E-state index is 15.9. The smallest absolute Gasteiger partial charge is 0.159 e. The van der Waals surface area contributed by atoms with E-state index in [2.05, 4.69) is 51.9 Å². The summed E-state index contributed by atoms with van der Waals surface area (Å²) in [6.07, 6.45) is 12.5. The van der Waals surface area contributed by atoms with E-state index in [0.717, 1.165) is 34.6 Å². The summed E-state index contributed by atoms with van der Waals surface area (Å²) >= 11 is 0. The molecule has 3 aromatic rings. The van der Waals surface area contributed by atoms with Crippen molar-refractivity contribution in [2.75, 3.05) is 11.1 Å². The van der Waals surface area contributed by atoms with Gasteiger partial charge in [-0.25, -0.2) is 4.39 Å². The molecule has 0 unspecified atom stereocenters. The number of halogens is 1. The van der Waals surface area contributed by atoms with Crippen LogP contribution in [0.25, 0.3) is 22.4 Å². The molecule has 7 heteroatoms. The van der Waals surface area contributed by atoms with Gasteiger partial charge in [-0.1, -0.05) is 39.3 Å². The maximum absolute atomic E-state index is 15.9. The average Bonchev–Trinajstić information content (AvgIpc) is 2.92. The Morgan fingerprint density at radius 2 is 1.82 bits per heavy atom. The molecule has 3 rings (SSSR count). The monoisotopic (exact) mass is 508 g/mol. The van der Waals surface area contributed by atoms with Gasteiger partial charge in [-0.05, 0) is 56.2 Å². The Kier molecular flexibility index (Phi) is 9.11. The van der Waals surface area contributed by atoms with Crippen LogP contribution in [0.3, 0.4) is 0 Å². The summed E-state index contributed by atoms with van der Waals surface area (Å²) in [7, 11) is 0. The van der Waals surface area contributed by atoms with E-state index < -0.39 is 5.82 Å². The second-order valence-corrected chi connectivity index (χ2v) is 8.53. The lowest BCUT2D eigenvalue weighted by atomic mass is 9.99. The Balaban J connectivity index is 1.94. The van der Waals surface area contributed by atoms with Gasteiger partial charge in [0, 0.05) is 63.6 Å². The molecule has 0 amide bonds. The second-order valence-electron chi connectivity index (χ2n) is 8.53. The predicted octanol–water partition coefficient (Wildman–Crippen LogP) is 7.19. The predicted molar refractivity (Wildman–Crippen MR) is 157 cm³/mol. The zero-order chi connectivity index (χ0) is 27.8. The van der Waals surface area contributed by atoms with Gasteiger partial charge in [-0.15, -0.1) is 0 Å². The highest BCUT2D eigenvalue weighted by Crippen LogP contribution is 2.34. The van der Waals surface area contributed by atoms with E-state index in [-0.39, 0.29) is 16.9 Å². The highest BCUT2D eigenvalue weighted by molar-refractivity contribution is 5.88. The number of nitrogens with one attached hydrogen (secondary N) is 2. The van der Waals surface area contributed by atoms with Crippen LogP contribution in [0.1, 0.15) is 37.1 Å². The summed E-state index contributed by atoms with van der Waals surface area (Å²) in [5.74, 6) is -0.594.